The fourth-order valence-electron chi connectivity index (χ4n) is 4.35. The normalized spacial score (nSPS) is 18.1. The van der Waals surface area contributed by atoms with Crippen molar-refractivity contribution >= 4 is 32.1 Å². The highest BCUT2D eigenvalue weighted by atomic mass is 32.2. The van der Waals surface area contributed by atoms with Crippen molar-refractivity contribution in [1.29, 1.82) is 0 Å². The number of halogens is 4. The number of methoxy groups -OCH3 is 1. The van der Waals surface area contributed by atoms with Gasteiger partial charge >= 0.3 is 6.18 Å². The van der Waals surface area contributed by atoms with Crippen LogP contribution in [0.5, 0.6) is 5.75 Å². The van der Waals surface area contributed by atoms with Crippen LogP contribution in [0.3, 0.4) is 0 Å². The lowest BCUT2D eigenvalue weighted by molar-refractivity contribution is -0.140. The number of nitrogens with zero attached hydrogens (tertiary/aromatic N) is 1. The Balaban J connectivity index is 1.61. The monoisotopic (exact) mass is 552 g/mol. The number of sulfone groups is 1. The summed E-state index contributed by atoms with van der Waals surface area (Å²) >= 11 is 0. The van der Waals surface area contributed by atoms with Crippen LogP contribution < -0.4 is 20.7 Å². The van der Waals surface area contributed by atoms with Crippen molar-refractivity contribution in [3.63, 3.8) is 0 Å². The van der Waals surface area contributed by atoms with E-state index in [2.05, 4.69) is 27.8 Å². The third-order valence-electron chi connectivity index (χ3n) is 6.21. The molecule has 1 fully saturated rings. The third kappa shape index (κ3) is 6.52. The quantitative estimate of drug-likeness (QED) is 0.301. The number of fused-ring (bicyclic) bond motifs is 1. The van der Waals surface area contributed by atoms with E-state index in [1.807, 2.05) is 0 Å². The number of nitrogens with one attached hydrogen (secondary N) is 3. The Morgan fingerprint density at radius 3 is 2.66 bits per heavy atom. The Bertz CT molecular complexity index is 1480. The van der Waals surface area contributed by atoms with Crippen molar-refractivity contribution in [2.75, 3.05) is 43.6 Å². The van der Waals surface area contributed by atoms with Gasteiger partial charge in [0.05, 0.1) is 41.5 Å². The van der Waals surface area contributed by atoms with Crippen LogP contribution in [-0.4, -0.2) is 64.4 Å². The molecule has 0 amide bonds. The zero-order chi connectivity index (χ0) is 27.5. The Kier molecular flexibility index (Phi) is 8.08. The molecule has 0 unspecified atom stereocenters. The van der Waals surface area contributed by atoms with Gasteiger partial charge in [0.2, 0.25) is 0 Å². The molecule has 2 atom stereocenters. The van der Waals surface area contributed by atoms with Crippen LogP contribution in [0, 0.1) is 11.8 Å². The number of aromatic nitrogens is 1. The summed E-state index contributed by atoms with van der Waals surface area (Å²) < 4.78 is 84.7. The van der Waals surface area contributed by atoms with E-state index in [0.29, 0.717) is 47.5 Å². The minimum atomic E-state index is -4.48. The van der Waals surface area contributed by atoms with Gasteiger partial charge in [-0.05, 0) is 49.2 Å². The van der Waals surface area contributed by atoms with E-state index in [4.69, 9.17) is 4.74 Å². The molecular formula is C26H28F4N4O3S. The molecule has 2 heterocycles. The Morgan fingerprint density at radius 1 is 1.18 bits per heavy atom. The topological polar surface area (TPSA) is 84.4 Å². The lowest BCUT2D eigenvalue weighted by atomic mass is 10.0. The molecule has 1 saturated heterocycles. The van der Waals surface area contributed by atoms with Gasteiger partial charge in [-0.3, -0.25) is 0 Å². The zero-order valence-electron chi connectivity index (χ0n) is 20.8. The first kappa shape index (κ1) is 27.6. The summed E-state index contributed by atoms with van der Waals surface area (Å²) in [4.78, 5) is 0.0927. The van der Waals surface area contributed by atoms with Crippen molar-refractivity contribution in [2.24, 2.45) is 0 Å². The average molecular weight is 553 g/mol. The summed E-state index contributed by atoms with van der Waals surface area (Å²) in [6.45, 7) is -0.180. The first-order chi connectivity index (χ1) is 18.0. The van der Waals surface area contributed by atoms with E-state index in [1.54, 1.807) is 24.3 Å². The fraction of sp³-hybridized carbons (Fsp3) is 0.385. The largest absolute Gasteiger partial charge is 0.495 e. The van der Waals surface area contributed by atoms with Gasteiger partial charge in [0.1, 0.15) is 18.5 Å². The summed E-state index contributed by atoms with van der Waals surface area (Å²) in [7, 11) is -2.03. The van der Waals surface area contributed by atoms with Crippen LogP contribution in [0.25, 0.3) is 10.9 Å². The number of anilines is 2. The molecule has 12 heteroatoms. The van der Waals surface area contributed by atoms with Crippen LogP contribution in [0.1, 0.15) is 12.1 Å². The number of rotatable bonds is 7. The number of piperidine rings is 1. The Hall–Kier alpha value is -3.43. The van der Waals surface area contributed by atoms with E-state index in [0.717, 1.165) is 10.8 Å². The summed E-state index contributed by atoms with van der Waals surface area (Å²) in [5, 5.41) is 9.78. The van der Waals surface area contributed by atoms with Crippen LogP contribution >= 0.6 is 0 Å². The Labute approximate surface area is 218 Å². The van der Waals surface area contributed by atoms with Gasteiger partial charge in [0, 0.05) is 29.9 Å². The summed E-state index contributed by atoms with van der Waals surface area (Å²) in [5.74, 6) is 5.93. The molecule has 0 bridgehead atoms. The first-order valence-corrected chi connectivity index (χ1v) is 13.8. The second kappa shape index (κ2) is 11.1. The van der Waals surface area contributed by atoms with E-state index in [-0.39, 0.29) is 17.1 Å². The molecular weight excluding hydrogens is 524 g/mol. The maximum atomic E-state index is 14.4. The zero-order valence-corrected chi connectivity index (χ0v) is 21.6. The van der Waals surface area contributed by atoms with Gasteiger partial charge in [-0.1, -0.05) is 12.0 Å². The van der Waals surface area contributed by atoms with Crippen molar-refractivity contribution in [1.82, 2.24) is 9.88 Å². The molecule has 4 rings (SSSR count). The summed E-state index contributed by atoms with van der Waals surface area (Å²) in [5.41, 5.74) is 1.52. The van der Waals surface area contributed by atoms with Gasteiger partial charge in [-0.2, -0.15) is 13.2 Å². The first-order valence-electron chi connectivity index (χ1n) is 11.9. The van der Waals surface area contributed by atoms with E-state index < -0.39 is 34.8 Å². The van der Waals surface area contributed by atoms with Crippen molar-refractivity contribution in [3.8, 4) is 17.6 Å². The molecule has 0 radical (unpaired) electrons. The molecule has 38 heavy (non-hydrogen) atoms. The fourth-order valence-corrected chi connectivity index (χ4v) is 4.99. The van der Waals surface area contributed by atoms with Crippen molar-refractivity contribution in [3.05, 3.63) is 48.2 Å². The van der Waals surface area contributed by atoms with Gasteiger partial charge in [-0.15, -0.1) is 0 Å². The second-order valence-electron chi connectivity index (χ2n) is 9.02. The molecule has 3 aromatic rings. The van der Waals surface area contributed by atoms with Crippen LogP contribution in [0.4, 0.5) is 28.9 Å². The number of hydrogen-bond donors (Lipinski definition) is 3. The van der Waals surface area contributed by atoms with Gasteiger partial charge in [0.15, 0.2) is 9.84 Å². The average Bonchev–Trinajstić information content (AvgIpc) is 3.19. The SMILES string of the molecule is COc1cc(S(C)(=O)=O)ccc1NCC#Cc1cc2c(N[C@@H]3CNCC[C@@H]3F)cccc2n1CC(F)(F)F. The third-order valence-corrected chi connectivity index (χ3v) is 7.32. The lowest BCUT2D eigenvalue weighted by Crippen LogP contribution is -2.46. The van der Waals surface area contributed by atoms with E-state index >= 15 is 0 Å². The van der Waals surface area contributed by atoms with Crippen LogP contribution in [0.15, 0.2) is 47.4 Å². The second-order valence-corrected chi connectivity index (χ2v) is 11.0. The predicted molar refractivity (Wildman–Crippen MR) is 139 cm³/mol. The minimum Gasteiger partial charge on any atom is -0.495 e. The molecule has 0 saturated carbocycles. The minimum absolute atomic E-state index is 0.0600. The molecule has 0 aliphatic carbocycles. The van der Waals surface area contributed by atoms with Gasteiger partial charge in [0.25, 0.3) is 0 Å². The molecule has 1 aliphatic rings. The highest BCUT2D eigenvalue weighted by molar-refractivity contribution is 7.90. The molecule has 1 aliphatic heterocycles. The highest BCUT2D eigenvalue weighted by Crippen LogP contribution is 2.31. The molecule has 1 aromatic heterocycles. The lowest BCUT2D eigenvalue weighted by Gasteiger charge is -2.28. The summed E-state index contributed by atoms with van der Waals surface area (Å²) in [6, 6.07) is 10.3. The van der Waals surface area contributed by atoms with Crippen molar-refractivity contribution in [2.45, 2.75) is 36.3 Å². The number of ether oxygens (including phenoxy) is 1. The number of benzene rings is 2. The van der Waals surface area contributed by atoms with Crippen molar-refractivity contribution < 1.29 is 30.7 Å². The van der Waals surface area contributed by atoms with E-state index in [9.17, 15) is 26.0 Å². The predicted octanol–water partition coefficient (Wildman–Crippen LogP) is 4.19. The smallest absolute Gasteiger partial charge is 0.406 e. The molecule has 2 aromatic carbocycles. The van der Waals surface area contributed by atoms with E-state index in [1.165, 1.54) is 25.3 Å². The molecule has 204 valence electrons. The molecule has 0 spiro atoms. The Morgan fingerprint density at radius 2 is 1.97 bits per heavy atom. The highest BCUT2D eigenvalue weighted by Gasteiger charge is 2.30. The standard InChI is InChI=1S/C26H28F4N4O3S/c1-37-25-14-18(38(2,35)36)8-9-22(25)32-11-4-5-17-13-19-21(33-23-15-31-12-10-20(23)27)6-3-7-24(19)34(17)16-26(28,29)30/h3,6-9,13-14,20,23,31-33H,10-12,15-16H2,1-2H3/t20-,23+/m0/s1. The summed E-state index contributed by atoms with van der Waals surface area (Å²) in [6.07, 6.45) is -4.11. The van der Waals surface area contributed by atoms with Crippen LogP contribution in [-0.2, 0) is 16.4 Å². The molecule has 3 N–H and O–H groups in total. The number of alkyl halides is 4. The maximum absolute atomic E-state index is 14.4. The van der Waals surface area contributed by atoms with Gasteiger partial charge in [-0.25, -0.2) is 12.8 Å². The number of hydrogen-bond acceptors (Lipinski definition) is 6. The van der Waals surface area contributed by atoms with Crippen LogP contribution in [0.2, 0.25) is 0 Å². The maximum Gasteiger partial charge on any atom is 0.406 e. The van der Waals surface area contributed by atoms with Gasteiger partial charge < -0.3 is 25.3 Å². The molecule has 7 nitrogen and oxygen atoms in total.